The summed E-state index contributed by atoms with van der Waals surface area (Å²) in [6.45, 7) is 3.80. The van der Waals surface area contributed by atoms with E-state index >= 15 is 0 Å². The third-order valence-corrected chi connectivity index (χ3v) is 3.40. The van der Waals surface area contributed by atoms with E-state index in [9.17, 15) is 9.59 Å². The first kappa shape index (κ1) is 11.2. The molecule has 0 unspecified atom stereocenters. The molecule has 0 N–H and O–H groups in total. The molecule has 3 heteroatoms. The van der Waals surface area contributed by atoms with Gasteiger partial charge in [-0.05, 0) is 39.0 Å². The van der Waals surface area contributed by atoms with Crippen LogP contribution in [0, 0.1) is 17.3 Å². The number of esters is 1. The van der Waals surface area contributed by atoms with Gasteiger partial charge < -0.3 is 9.53 Å². The van der Waals surface area contributed by atoms with Crippen LogP contribution in [0.3, 0.4) is 0 Å². The Hall–Kier alpha value is -0.860. The largest absolute Gasteiger partial charge is 0.469 e. The lowest BCUT2D eigenvalue weighted by Gasteiger charge is -2.28. The fraction of sp³-hybridized carbons (Fsp3) is 0.818. The fourth-order valence-corrected chi connectivity index (χ4v) is 2.23. The molecular formula is C11H18O3. The smallest absolute Gasteiger partial charge is 0.311 e. The summed E-state index contributed by atoms with van der Waals surface area (Å²) in [6, 6.07) is 0. The lowest BCUT2D eigenvalue weighted by Crippen LogP contribution is -2.32. The molecule has 0 aliphatic heterocycles. The molecule has 1 saturated carbocycles. The van der Waals surface area contributed by atoms with Crippen LogP contribution >= 0.6 is 0 Å². The van der Waals surface area contributed by atoms with E-state index in [4.69, 9.17) is 4.74 Å². The zero-order valence-electron chi connectivity index (χ0n) is 9.08. The van der Waals surface area contributed by atoms with E-state index in [1.165, 1.54) is 7.11 Å². The molecule has 0 bridgehead atoms. The minimum atomic E-state index is -0.452. The van der Waals surface area contributed by atoms with Gasteiger partial charge >= 0.3 is 5.97 Å². The number of hydrogen-bond donors (Lipinski definition) is 0. The Balaban J connectivity index is 2.65. The van der Waals surface area contributed by atoms with Gasteiger partial charge in [-0.1, -0.05) is 0 Å². The number of ether oxygens (including phenoxy) is 1. The molecule has 3 nitrogen and oxygen atoms in total. The van der Waals surface area contributed by atoms with Crippen molar-refractivity contribution in [2.24, 2.45) is 17.3 Å². The van der Waals surface area contributed by atoms with E-state index in [1.54, 1.807) is 0 Å². The second-order valence-corrected chi connectivity index (χ2v) is 4.62. The van der Waals surface area contributed by atoms with Gasteiger partial charge in [0.25, 0.3) is 0 Å². The fourth-order valence-electron chi connectivity index (χ4n) is 2.23. The second-order valence-electron chi connectivity index (χ2n) is 4.62. The Morgan fingerprint density at radius 2 is 2.07 bits per heavy atom. The number of carbonyl (C=O) groups is 2. The van der Waals surface area contributed by atoms with E-state index in [1.807, 2.05) is 13.8 Å². The quantitative estimate of drug-likeness (QED) is 0.513. The zero-order valence-corrected chi connectivity index (χ0v) is 9.08. The van der Waals surface area contributed by atoms with Gasteiger partial charge in [-0.15, -0.1) is 0 Å². The maximum absolute atomic E-state index is 11.5. The van der Waals surface area contributed by atoms with Crippen molar-refractivity contribution in [2.45, 2.75) is 33.1 Å². The topological polar surface area (TPSA) is 43.4 Å². The van der Waals surface area contributed by atoms with Crippen LogP contribution in [-0.4, -0.2) is 19.4 Å². The molecule has 1 aliphatic rings. The summed E-state index contributed by atoms with van der Waals surface area (Å²) in [7, 11) is 1.41. The third-order valence-electron chi connectivity index (χ3n) is 3.40. The van der Waals surface area contributed by atoms with Gasteiger partial charge in [0.05, 0.1) is 12.5 Å². The highest BCUT2D eigenvalue weighted by molar-refractivity contribution is 5.76. The first-order valence-electron chi connectivity index (χ1n) is 5.06. The first-order chi connectivity index (χ1) is 6.52. The van der Waals surface area contributed by atoms with E-state index in [0.29, 0.717) is 0 Å². The van der Waals surface area contributed by atoms with Crippen LogP contribution in [0.2, 0.25) is 0 Å². The molecule has 0 saturated heterocycles. The molecule has 2 atom stereocenters. The first-order valence-corrected chi connectivity index (χ1v) is 5.06. The molecule has 80 valence electrons. The summed E-state index contributed by atoms with van der Waals surface area (Å²) in [4.78, 5) is 22.1. The van der Waals surface area contributed by atoms with Gasteiger partial charge in [0.2, 0.25) is 0 Å². The third kappa shape index (κ3) is 1.97. The predicted octanol–water partition coefficient (Wildman–Crippen LogP) is 1.80. The molecule has 0 amide bonds. The van der Waals surface area contributed by atoms with Crippen molar-refractivity contribution in [2.75, 3.05) is 7.11 Å². The van der Waals surface area contributed by atoms with Gasteiger partial charge in [-0.2, -0.15) is 0 Å². The van der Waals surface area contributed by atoms with E-state index in [-0.39, 0.29) is 17.8 Å². The Morgan fingerprint density at radius 3 is 2.50 bits per heavy atom. The number of rotatable bonds is 3. The summed E-state index contributed by atoms with van der Waals surface area (Å²) in [5.74, 6) is 0.253. The van der Waals surface area contributed by atoms with Crippen LogP contribution in [0.15, 0.2) is 0 Å². The van der Waals surface area contributed by atoms with Gasteiger partial charge in [0, 0.05) is 5.92 Å². The minimum Gasteiger partial charge on any atom is -0.469 e. The summed E-state index contributed by atoms with van der Waals surface area (Å²) < 4.78 is 4.77. The SMILES string of the molecule is COC(=O)C(C)(C)[C@@H]1CC[C@@H](C=O)C1. The second kappa shape index (κ2) is 4.11. The molecule has 0 heterocycles. The standard InChI is InChI=1S/C11H18O3/c1-11(2,10(13)14-3)9-5-4-8(6-9)7-12/h7-9H,4-6H2,1-3H3/t8-,9-/m1/s1. The highest BCUT2D eigenvalue weighted by Gasteiger charge is 2.41. The van der Waals surface area contributed by atoms with Crippen LogP contribution in [0.25, 0.3) is 0 Å². The van der Waals surface area contributed by atoms with Crippen molar-refractivity contribution in [3.63, 3.8) is 0 Å². The molecule has 0 aromatic heterocycles. The van der Waals surface area contributed by atoms with Crippen LogP contribution in [0.1, 0.15) is 33.1 Å². The summed E-state index contributed by atoms with van der Waals surface area (Å²) in [5.41, 5.74) is -0.452. The number of methoxy groups -OCH3 is 1. The lowest BCUT2D eigenvalue weighted by atomic mass is 9.77. The van der Waals surface area contributed by atoms with Crippen molar-refractivity contribution in [1.82, 2.24) is 0 Å². The molecule has 0 aromatic rings. The zero-order chi connectivity index (χ0) is 10.8. The monoisotopic (exact) mass is 198 g/mol. The van der Waals surface area contributed by atoms with Crippen LogP contribution in [0.4, 0.5) is 0 Å². The van der Waals surface area contributed by atoms with Gasteiger partial charge in [-0.3, -0.25) is 4.79 Å². The number of aldehydes is 1. The number of carbonyl (C=O) groups excluding carboxylic acids is 2. The summed E-state index contributed by atoms with van der Waals surface area (Å²) in [5, 5.41) is 0. The molecule has 1 aliphatic carbocycles. The van der Waals surface area contributed by atoms with Crippen LogP contribution in [0.5, 0.6) is 0 Å². The molecule has 0 spiro atoms. The van der Waals surface area contributed by atoms with Crippen LogP contribution < -0.4 is 0 Å². The van der Waals surface area contributed by atoms with Gasteiger partial charge in [0.1, 0.15) is 6.29 Å². The maximum atomic E-state index is 11.5. The van der Waals surface area contributed by atoms with E-state index < -0.39 is 5.41 Å². The van der Waals surface area contributed by atoms with Crippen molar-refractivity contribution in [3.05, 3.63) is 0 Å². The van der Waals surface area contributed by atoms with Crippen molar-refractivity contribution in [3.8, 4) is 0 Å². The average molecular weight is 198 g/mol. The Labute approximate surface area is 84.8 Å². The number of hydrogen-bond acceptors (Lipinski definition) is 3. The highest BCUT2D eigenvalue weighted by Crippen LogP contribution is 2.42. The highest BCUT2D eigenvalue weighted by atomic mass is 16.5. The Bertz CT molecular complexity index is 233. The van der Waals surface area contributed by atoms with Gasteiger partial charge in [0.15, 0.2) is 0 Å². The van der Waals surface area contributed by atoms with E-state index in [2.05, 4.69) is 0 Å². The summed E-state index contributed by atoms with van der Waals surface area (Å²) >= 11 is 0. The Kier molecular flexibility index (Phi) is 3.29. The van der Waals surface area contributed by atoms with Gasteiger partial charge in [-0.25, -0.2) is 0 Å². The molecular weight excluding hydrogens is 180 g/mol. The van der Waals surface area contributed by atoms with Crippen molar-refractivity contribution < 1.29 is 14.3 Å². The minimum absolute atomic E-state index is 0.143. The normalized spacial score (nSPS) is 27.4. The van der Waals surface area contributed by atoms with Crippen LogP contribution in [-0.2, 0) is 14.3 Å². The maximum Gasteiger partial charge on any atom is 0.311 e. The van der Waals surface area contributed by atoms with E-state index in [0.717, 1.165) is 25.5 Å². The molecule has 1 fully saturated rings. The summed E-state index contributed by atoms with van der Waals surface area (Å²) in [6.07, 6.45) is 3.69. The molecule has 14 heavy (non-hydrogen) atoms. The van der Waals surface area contributed by atoms with Crippen molar-refractivity contribution in [1.29, 1.82) is 0 Å². The van der Waals surface area contributed by atoms with Crippen molar-refractivity contribution >= 4 is 12.3 Å². The predicted molar refractivity (Wildman–Crippen MR) is 52.7 cm³/mol. The molecule has 0 aromatic carbocycles. The molecule has 1 rings (SSSR count). The Morgan fingerprint density at radius 1 is 1.43 bits per heavy atom. The lowest BCUT2D eigenvalue weighted by molar-refractivity contribution is -0.154. The average Bonchev–Trinajstić information content (AvgIpc) is 2.65. The molecule has 0 radical (unpaired) electrons.